The van der Waals surface area contributed by atoms with Crippen molar-refractivity contribution in [3.8, 4) is 0 Å². The number of sulfone groups is 1. The van der Waals surface area contributed by atoms with Crippen LogP contribution in [0.3, 0.4) is 0 Å². The van der Waals surface area contributed by atoms with Crippen LogP contribution in [-0.4, -0.2) is 66.3 Å². The van der Waals surface area contributed by atoms with Crippen LogP contribution in [0.4, 0.5) is 0 Å². The van der Waals surface area contributed by atoms with Crippen molar-refractivity contribution in [3.05, 3.63) is 17.5 Å². The monoisotopic (exact) mass is 327 g/mol. The van der Waals surface area contributed by atoms with E-state index in [1.54, 1.807) is 15.8 Å². The maximum atomic E-state index is 12.7. The van der Waals surface area contributed by atoms with Crippen LogP contribution in [0.1, 0.15) is 35.4 Å². The maximum Gasteiger partial charge on any atom is 0.257 e. The Kier molecular flexibility index (Phi) is 3.98. The molecule has 0 aliphatic carbocycles. The van der Waals surface area contributed by atoms with Gasteiger partial charge < -0.3 is 9.64 Å². The lowest BCUT2D eigenvalue weighted by Crippen LogP contribution is -2.47. The van der Waals surface area contributed by atoms with Crippen molar-refractivity contribution >= 4 is 15.7 Å². The Hall–Kier alpha value is -1.41. The normalized spacial score (nSPS) is 28.0. The minimum absolute atomic E-state index is 0.0378. The van der Waals surface area contributed by atoms with Crippen molar-refractivity contribution in [1.29, 1.82) is 0 Å². The number of aromatic nitrogens is 2. The van der Waals surface area contributed by atoms with Crippen LogP contribution in [0, 0.1) is 6.92 Å². The standard InChI is InChI=1S/C14H21N3O4S/c1-10-8-21-5-4-16(10)14(18)13-7-15-17(11(13)2)12-3-6-22(19,20)9-12/h7,10,12H,3-6,8-9H2,1-2H3/t10-,12-/m1/s1. The van der Waals surface area contributed by atoms with E-state index < -0.39 is 9.84 Å². The molecule has 3 heterocycles. The molecular weight excluding hydrogens is 306 g/mol. The lowest BCUT2D eigenvalue weighted by atomic mass is 10.1. The zero-order chi connectivity index (χ0) is 15.9. The third-order valence-electron chi connectivity index (χ3n) is 4.46. The van der Waals surface area contributed by atoms with Gasteiger partial charge in [0.05, 0.1) is 48.6 Å². The lowest BCUT2D eigenvalue weighted by molar-refractivity contribution is 0.00354. The van der Waals surface area contributed by atoms with E-state index in [-0.39, 0.29) is 29.5 Å². The summed E-state index contributed by atoms with van der Waals surface area (Å²) in [6.07, 6.45) is 2.12. The summed E-state index contributed by atoms with van der Waals surface area (Å²) in [5.41, 5.74) is 1.30. The van der Waals surface area contributed by atoms with Crippen LogP contribution in [0.2, 0.25) is 0 Å². The van der Waals surface area contributed by atoms with Gasteiger partial charge in [-0.05, 0) is 20.3 Å². The molecule has 8 heteroatoms. The number of carbonyl (C=O) groups is 1. The highest BCUT2D eigenvalue weighted by atomic mass is 32.2. The molecule has 0 unspecified atom stereocenters. The SMILES string of the molecule is Cc1c(C(=O)N2CCOC[C@H]2C)cnn1[C@@H]1CCS(=O)(=O)C1. The molecule has 0 bridgehead atoms. The predicted octanol–water partition coefficient (Wildman–Crippen LogP) is 0.412. The summed E-state index contributed by atoms with van der Waals surface area (Å²) in [6, 6.07) is -0.121. The molecule has 3 rings (SSSR count). The van der Waals surface area contributed by atoms with Gasteiger partial charge >= 0.3 is 0 Å². The van der Waals surface area contributed by atoms with Crippen molar-refractivity contribution in [3.63, 3.8) is 0 Å². The van der Waals surface area contributed by atoms with E-state index in [1.807, 2.05) is 13.8 Å². The van der Waals surface area contributed by atoms with Crippen molar-refractivity contribution in [2.24, 2.45) is 0 Å². The molecule has 0 N–H and O–H groups in total. The fraction of sp³-hybridized carbons (Fsp3) is 0.714. The Morgan fingerprint density at radius 3 is 2.86 bits per heavy atom. The van der Waals surface area contributed by atoms with Crippen LogP contribution in [0.25, 0.3) is 0 Å². The Balaban J connectivity index is 1.83. The minimum Gasteiger partial charge on any atom is -0.377 e. The van der Waals surface area contributed by atoms with E-state index in [9.17, 15) is 13.2 Å². The number of nitrogens with zero attached hydrogens (tertiary/aromatic N) is 3. The summed E-state index contributed by atoms with van der Waals surface area (Å²) in [4.78, 5) is 14.5. The van der Waals surface area contributed by atoms with Gasteiger partial charge in [0.25, 0.3) is 5.91 Å². The highest BCUT2D eigenvalue weighted by molar-refractivity contribution is 7.91. The summed E-state index contributed by atoms with van der Waals surface area (Å²) in [6.45, 7) is 5.45. The average molecular weight is 327 g/mol. The third kappa shape index (κ3) is 2.77. The molecule has 0 spiro atoms. The Labute approximate surface area is 130 Å². The van der Waals surface area contributed by atoms with E-state index in [0.717, 1.165) is 5.69 Å². The third-order valence-corrected chi connectivity index (χ3v) is 6.21. The molecule has 0 radical (unpaired) electrons. The molecule has 2 fully saturated rings. The van der Waals surface area contributed by atoms with Crippen molar-refractivity contribution in [2.45, 2.75) is 32.4 Å². The number of ether oxygens (including phenoxy) is 1. The van der Waals surface area contributed by atoms with Gasteiger partial charge in [-0.1, -0.05) is 0 Å². The fourth-order valence-corrected chi connectivity index (χ4v) is 4.85. The van der Waals surface area contributed by atoms with Gasteiger partial charge in [0.15, 0.2) is 9.84 Å². The minimum atomic E-state index is -2.97. The molecule has 122 valence electrons. The molecule has 7 nitrogen and oxygen atoms in total. The van der Waals surface area contributed by atoms with Gasteiger partial charge in [0.2, 0.25) is 0 Å². The van der Waals surface area contributed by atoms with Crippen LogP contribution in [0.5, 0.6) is 0 Å². The second-order valence-corrected chi connectivity index (χ2v) is 8.30. The largest absolute Gasteiger partial charge is 0.377 e. The van der Waals surface area contributed by atoms with Crippen molar-refractivity contribution in [2.75, 3.05) is 31.3 Å². The fourth-order valence-electron chi connectivity index (χ4n) is 3.15. The number of carbonyl (C=O) groups excluding carboxylic acids is 1. The van der Waals surface area contributed by atoms with Crippen LogP contribution >= 0.6 is 0 Å². The van der Waals surface area contributed by atoms with Gasteiger partial charge in [-0.25, -0.2) is 8.42 Å². The van der Waals surface area contributed by atoms with Gasteiger partial charge in [0, 0.05) is 12.2 Å². The quantitative estimate of drug-likeness (QED) is 0.786. The summed E-state index contributed by atoms with van der Waals surface area (Å²) >= 11 is 0. The first-order valence-corrected chi connectivity index (χ1v) is 9.34. The Morgan fingerprint density at radius 2 is 2.23 bits per heavy atom. The smallest absolute Gasteiger partial charge is 0.257 e. The lowest BCUT2D eigenvalue weighted by Gasteiger charge is -2.33. The summed E-state index contributed by atoms with van der Waals surface area (Å²) in [5.74, 6) is 0.248. The van der Waals surface area contributed by atoms with E-state index in [4.69, 9.17) is 4.74 Å². The van der Waals surface area contributed by atoms with Gasteiger partial charge in [-0.2, -0.15) is 5.10 Å². The van der Waals surface area contributed by atoms with Crippen molar-refractivity contribution in [1.82, 2.24) is 14.7 Å². The summed E-state index contributed by atoms with van der Waals surface area (Å²) in [7, 11) is -2.97. The van der Waals surface area contributed by atoms with Crippen molar-refractivity contribution < 1.29 is 17.9 Å². The van der Waals surface area contributed by atoms with E-state index in [1.165, 1.54) is 0 Å². The second-order valence-electron chi connectivity index (χ2n) is 6.07. The zero-order valence-electron chi connectivity index (χ0n) is 12.9. The van der Waals surface area contributed by atoms with Crippen LogP contribution < -0.4 is 0 Å². The Morgan fingerprint density at radius 1 is 1.45 bits per heavy atom. The first-order chi connectivity index (χ1) is 10.4. The number of hydrogen-bond acceptors (Lipinski definition) is 5. The molecule has 2 saturated heterocycles. The molecular formula is C14H21N3O4S. The molecule has 0 saturated carbocycles. The molecule has 0 aromatic carbocycles. The van der Waals surface area contributed by atoms with Crippen LogP contribution in [-0.2, 0) is 14.6 Å². The first kappa shape index (κ1) is 15.5. The molecule has 1 amide bonds. The summed E-state index contributed by atoms with van der Waals surface area (Å²) < 4.78 is 30.3. The highest BCUT2D eigenvalue weighted by Crippen LogP contribution is 2.26. The number of morpholine rings is 1. The highest BCUT2D eigenvalue weighted by Gasteiger charge is 2.33. The average Bonchev–Trinajstić information content (AvgIpc) is 3.01. The molecule has 1 aromatic rings. The molecule has 2 aliphatic heterocycles. The molecule has 2 aliphatic rings. The van der Waals surface area contributed by atoms with E-state index >= 15 is 0 Å². The summed E-state index contributed by atoms with van der Waals surface area (Å²) in [5, 5.41) is 4.28. The van der Waals surface area contributed by atoms with Gasteiger partial charge in [-0.3, -0.25) is 9.48 Å². The molecule has 1 aromatic heterocycles. The zero-order valence-corrected chi connectivity index (χ0v) is 13.7. The van der Waals surface area contributed by atoms with E-state index in [2.05, 4.69) is 5.10 Å². The van der Waals surface area contributed by atoms with E-state index in [0.29, 0.717) is 31.7 Å². The van der Waals surface area contributed by atoms with Gasteiger partial charge in [-0.15, -0.1) is 0 Å². The predicted molar refractivity (Wildman–Crippen MR) is 80.6 cm³/mol. The van der Waals surface area contributed by atoms with Crippen LogP contribution in [0.15, 0.2) is 6.20 Å². The number of hydrogen-bond donors (Lipinski definition) is 0. The Bertz CT molecular complexity index is 682. The number of amides is 1. The first-order valence-electron chi connectivity index (χ1n) is 7.52. The topological polar surface area (TPSA) is 81.5 Å². The maximum absolute atomic E-state index is 12.7. The molecule has 2 atom stereocenters. The molecule has 22 heavy (non-hydrogen) atoms. The van der Waals surface area contributed by atoms with Gasteiger partial charge in [0.1, 0.15) is 0 Å². The number of rotatable bonds is 2. The second kappa shape index (κ2) is 5.66.